The van der Waals surface area contributed by atoms with Gasteiger partial charge >= 0.3 is 5.97 Å². The van der Waals surface area contributed by atoms with Gasteiger partial charge in [0.2, 0.25) is 0 Å². The molecule has 1 unspecified atom stereocenters. The van der Waals surface area contributed by atoms with Crippen LogP contribution in [0.1, 0.15) is 12.5 Å². The molecule has 0 aliphatic rings. The molecule has 0 saturated heterocycles. The molecule has 0 amide bonds. The molecule has 0 saturated carbocycles. The van der Waals surface area contributed by atoms with E-state index in [1.165, 1.54) is 11.8 Å². The molecule has 4 heteroatoms. The molecule has 1 N–H and O–H groups in total. The molecule has 0 aliphatic heterocycles. The van der Waals surface area contributed by atoms with Gasteiger partial charge in [0.15, 0.2) is 0 Å². The summed E-state index contributed by atoms with van der Waals surface area (Å²) in [6.45, 7) is 1.64. The van der Waals surface area contributed by atoms with Gasteiger partial charge in [-0.15, -0.1) is 11.8 Å². The zero-order chi connectivity index (χ0) is 11.3. The lowest BCUT2D eigenvalue weighted by Crippen LogP contribution is -2.14. The van der Waals surface area contributed by atoms with E-state index in [0.717, 1.165) is 9.76 Å². The van der Waals surface area contributed by atoms with Crippen LogP contribution in [0.25, 0.3) is 0 Å². The summed E-state index contributed by atoms with van der Waals surface area (Å²) in [5.74, 6) is -0.824. The van der Waals surface area contributed by atoms with Crippen molar-refractivity contribution in [2.24, 2.45) is 0 Å². The fraction of sp³-hybridized carbons (Fsp3) is 0.273. The second kappa shape index (κ2) is 5.88. The Hall–Kier alpha value is -0.870. The third-order valence-corrected chi connectivity index (χ3v) is 3.24. The van der Waals surface area contributed by atoms with E-state index < -0.39 is 11.2 Å². The van der Waals surface area contributed by atoms with Gasteiger partial charge < -0.3 is 5.11 Å². The Morgan fingerprint density at radius 1 is 1.47 bits per heavy atom. The van der Waals surface area contributed by atoms with Gasteiger partial charge in [-0.2, -0.15) is 0 Å². The molecule has 0 bridgehead atoms. The van der Waals surface area contributed by atoms with Crippen LogP contribution in [0.2, 0.25) is 0 Å². The van der Waals surface area contributed by atoms with Gasteiger partial charge in [-0.25, -0.2) is 0 Å². The smallest absolute Gasteiger partial charge is 0.316 e. The Kier molecular flexibility index (Phi) is 4.78. The molecule has 0 fully saturated rings. The number of thiocarbonyl (C=S) groups is 1. The number of aliphatic carboxylic acids is 1. The van der Waals surface area contributed by atoms with Gasteiger partial charge in [0.25, 0.3) is 0 Å². The molecular formula is C11H12O2S2. The Morgan fingerprint density at radius 3 is 2.60 bits per heavy atom. The van der Waals surface area contributed by atoms with Crippen LogP contribution < -0.4 is 0 Å². The van der Waals surface area contributed by atoms with Crippen LogP contribution in [-0.2, 0) is 11.2 Å². The lowest BCUT2D eigenvalue weighted by molar-refractivity contribution is -0.136. The number of thioether (sulfide) groups is 1. The summed E-state index contributed by atoms with van der Waals surface area (Å²) in [5, 5.41) is 8.25. The predicted octanol–water partition coefficient (Wildman–Crippen LogP) is 2.76. The van der Waals surface area contributed by atoms with E-state index >= 15 is 0 Å². The number of carboxylic acid groups (broad SMARTS) is 1. The lowest BCUT2D eigenvalue weighted by Gasteiger charge is -2.07. The van der Waals surface area contributed by atoms with Gasteiger partial charge in [0.1, 0.15) is 5.25 Å². The number of hydrogen-bond donors (Lipinski definition) is 1. The van der Waals surface area contributed by atoms with Crippen LogP contribution >= 0.6 is 24.0 Å². The van der Waals surface area contributed by atoms with Crippen molar-refractivity contribution >= 4 is 34.1 Å². The van der Waals surface area contributed by atoms with Crippen molar-refractivity contribution < 1.29 is 9.90 Å². The molecule has 0 radical (unpaired) electrons. The van der Waals surface area contributed by atoms with E-state index in [1.807, 2.05) is 30.3 Å². The Balaban J connectivity index is 2.47. The van der Waals surface area contributed by atoms with Gasteiger partial charge in [-0.05, 0) is 12.5 Å². The number of carboxylic acids is 1. The first-order valence-electron chi connectivity index (χ1n) is 4.56. The molecule has 80 valence electrons. The van der Waals surface area contributed by atoms with Crippen LogP contribution in [0.15, 0.2) is 30.3 Å². The molecule has 15 heavy (non-hydrogen) atoms. The summed E-state index contributed by atoms with van der Waals surface area (Å²) >= 11 is 6.37. The Morgan fingerprint density at radius 2 is 2.07 bits per heavy atom. The molecule has 0 aliphatic carbocycles. The highest BCUT2D eigenvalue weighted by atomic mass is 32.2. The highest BCUT2D eigenvalue weighted by molar-refractivity contribution is 8.23. The quantitative estimate of drug-likeness (QED) is 0.821. The maximum absolute atomic E-state index is 10.6. The monoisotopic (exact) mass is 240 g/mol. The molecule has 2 nitrogen and oxygen atoms in total. The topological polar surface area (TPSA) is 37.3 Å². The largest absolute Gasteiger partial charge is 0.480 e. The Bertz CT molecular complexity index is 349. The van der Waals surface area contributed by atoms with E-state index in [1.54, 1.807) is 6.92 Å². The molecular weight excluding hydrogens is 228 g/mol. The Labute approximate surface area is 98.7 Å². The van der Waals surface area contributed by atoms with Gasteiger partial charge in [-0.1, -0.05) is 42.5 Å². The van der Waals surface area contributed by atoms with Crippen LogP contribution in [0.4, 0.5) is 0 Å². The molecule has 1 atom stereocenters. The van der Waals surface area contributed by atoms with Crippen molar-refractivity contribution in [2.45, 2.75) is 18.6 Å². The first-order chi connectivity index (χ1) is 7.09. The van der Waals surface area contributed by atoms with Gasteiger partial charge in [0, 0.05) is 6.42 Å². The van der Waals surface area contributed by atoms with Crippen molar-refractivity contribution in [2.75, 3.05) is 0 Å². The number of benzene rings is 1. The van der Waals surface area contributed by atoms with Crippen molar-refractivity contribution in [3.05, 3.63) is 35.9 Å². The fourth-order valence-corrected chi connectivity index (χ4v) is 2.40. The van der Waals surface area contributed by atoms with Crippen molar-refractivity contribution in [1.82, 2.24) is 0 Å². The summed E-state index contributed by atoms with van der Waals surface area (Å²) < 4.78 is 0.719. The van der Waals surface area contributed by atoms with Crippen LogP contribution in [0.5, 0.6) is 0 Å². The normalized spacial score (nSPS) is 12.1. The molecule has 1 aromatic carbocycles. The number of carbonyl (C=O) groups is 1. The second-order valence-electron chi connectivity index (χ2n) is 3.13. The van der Waals surface area contributed by atoms with E-state index in [4.69, 9.17) is 17.3 Å². The summed E-state index contributed by atoms with van der Waals surface area (Å²) in [6, 6.07) is 9.81. The van der Waals surface area contributed by atoms with E-state index in [9.17, 15) is 4.79 Å². The van der Waals surface area contributed by atoms with Crippen molar-refractivity contribution in [3.8, 4) is 0 Å². The molecule has 0 aromatic heterocycles. The third-order valence-electron chi connectivity index (χ3n) is 1.85. The average molecular weight is 240 g/mol. The zero-order valence-electron chi connectivity index (χ0n) is 8.34. The standard InChI is InChI=1S/C11H12O2S2/c1-8(11(12)13)15-10(14)7-9-5-3-2-4-6-9/h2-6,8H,7H2,1H3,(H,12,13). The third kappa shape index (κ3) is 4.44. The summed E-state index contributed by atoms with van der Waals surface area (Å²) in [6.07, 6.45) is 0.651. The van der Waals surface area contributed by atoms with E-state index in [2.05, 4.69) is 0 Å². The van der Waals surface area contributed by atoms with Crippen molar-refractivity contribution in [1.29, 1.82) is 0 Å². The predicted molar refractivity (Wildman–Crippen MR) is 67.4 cm³/mol. The first-order valence-corrected chi connectivity index (χ1v) is 5.84. The lowest BCUT2D eigenvalue weighted by atomic mass is 10.2. The maximum atomic E-state index is 10.6. The summed E-state index contributed by atoms with van der Waals surface area (Å²) in [5.41, 5.74) is 1.12. The molecule has 0 heterocycles. The van der Waals surface area contributed by atoms with Gasteiger partial charge in [0.05, 0.1) is 4.20 Å². The summed E-state index contributed by atoms with van der Waals surface area (Å²) in [4.78, 5) is 10.6. The highest BCUT2D eigenvalue weighted by Crippen LogP contribution is 2.16. The average Bonchev–Trinajstić information content (AvgIpc) is 2.18. The SMILES string of the molecule is CC(SC(=S)Cc1ccccc1)C(=O)O. The first kappa shape index (κ1) is 12.2. The van der Waals surface area contributed by atoms with E-state index in [0.29, 0.717) is 6.42 Å². The summed E-state index contributed by atoms with van der Waals surface area (Å²) in [7, 11) is 0. The second-order valence-corrected chi connectivity index (χ2v) is 5.32. The molecule has 0 spiro atoms. The molecule has 1 rings (SSSR count). The zero-order valence-corrected chi connectivity index (χ0v) is 9.98. The van der Waals surface area contributed by atoms with Crippen LogP contribution in [0.3, 0.4) is 0 Å². The highest BCUT2D eigenvalue weighted by Gasteiger charge is 2.13. The molecule has 1 aromatic rings. The van der Waals surface area contributed by atoms with Gasteiger partial charge in [-0.3, -0.25) is 4.79 Å². The van der Waals surface area contributed by atoms with Crippen LogP contribution in [0, 0.1) is 0 Å². The van der Waals surface area contributed by atoms with Crippen LogP contribution in [-0.4, -0.2) is 20.5 Å². The minimum atomic E-state index is -0.824. The minimum Gasteiger partial charge on any atom is -0.480 e. The maximum Gasteiger partial charge on any atom is 0.316 e. The van der Waals surface area contributed by atoms with E-state index in [-0.39, 0.29) is 0 Å². The fourth-order valence-electron chi connectivity index (χ4n) is 1.05. The number of rotatable bonds is 4. The van der Waals surface area contributed by atoms with Crippen molar-refractivity contribution in [3.63, 3.8) is 0 Å². The number of hydrogen-bond acceptors (Lipinski definition) is 3. The minimum absolute atomic E-state index is 0.471.